The van der Waals surface area contributed by atoms with Gasteiger partial charge in [-0.2, -0.15) is 0 Å². The molecule has 0 saturated carbocycles. The third-order valence-electron chi connectivity index (χ3n) is 3.20. The molecular formula is C17H31IN4O. The van der Waals surface area contributed by atoms with Crippen LogP contribution in [0.4, 0.5) is 5.69 Å². The van der Waals surface area contributed by atoms with Crippen molar-refractivity contribution in [3.8, 4) is 0 Å². The maximum atomic E-state index is 5.32. The van der Waals surface area contributed by atoms with Gasteiger partial charge in [0.1, 0.15) is 0 Å². The summed E-state index contributed by atoms with van der Waals surface area (Å²) in [6.07, 6.45) is 0.953. The summed E-state index contributed by atoms with van der Waals surface area (Å²) in [5, 5.41) is 6.64. The molecule has 0 unspecified atom stereocenters. The summed E-state index contributed by atoms with van der Waals surface area (Å²) in [4.78, 5) is 6.78. The molecule has 0 bridgehead atoms. The van der Waals surface area contributed by atoms with Crippen LogP contribution < -0.4 is 15.5 Å². The monoisotopic (exact) mass is 434 g/mol. The molecule has 0 saturated heterocycles. The van der Waals surface area contributed by atoms with Crippen molar-refractivity contribution in [2.45, 2.75) is 20.3 Å². The number of nitrogens with zero attached hydrogens (tertiary/aromatic N) is 2. The Kier molecular flexibility index (Phi) is 13.9. The molecule has 6 heteroatoms. The molecule has 0 radical (unpaired) electrons. The molecule has 0 aromatic heterocycles. The molecule has 0 heterocycles. The zero-order chi connectivity index (χ0) is 16.0. The maximum Gasteiger partial charge on any atom is 0.191 e. The first-order valence-corrected chi connectivity index (χ1v) is 8.14. The Labute approximate surface area is 157 Å². The van der Waals surface area contributed by atoms with E-state index in [1.54, 1.807) is 0 Å². The van der Waals surface area contributed by atoms with Gasteiger partial charge < -0.3 is 20.3 Å². The van der Waals surface area contributed by atoms with Crippen molar-refractivity contribution in [1.29, 1.82) is 0 Å². The third kappa shape index (κ3) is 10.4. The van der Waals surface area contributed by atoms with Crippen LogP contribution >= 0.6 is 24.0 Å². The average Bonchev–Trinajstić information content (AvgIpc) is 2.55. The van der Waals surface area contributed by atoms with Gasteiger partial charge in [0.05, 0.1) is 0 Å². The van der Waals surface area contributed by atoms with E-state index in [4.69, 9.17) is 4.74 Å². The molecule has 0 fully saturated rings. The summed E-state index contributed by atoms with van der Waals surface area (Å²) in [6, 6.07) is 10.4. The first kappa shape index (κ1) is 22.0. The minimum absolute atomic E-state index is 0. The normalized spacial score (nSPS) is 10.8. The van der Waals surface area contributed by atoms with E-state index in [-0.39, 0.29) is 24.0 Å². The number of hydrogen-bond donors (Lipinski definition) is 2. The van der Waals surface area contributed by atoms with Crippen molar-refractivity contribution in [3.05, 3.63) is 30.3 Å². The molecule has 23 heavy (non-hydrogen) atoms. The zero-order valence-electron chi connectivity index (χ0n) is 14.5. The largest absolute Gasteiger partial charge is 0.382 e. The number of para-hydroxylation sites is 1. The van der Waals surface area contributed by atoms with Gasteiger partial charge in [-0.3, -0.25) is 4.99 Å². The molecule has 5 nitrogen and oxygen atoms in total. The zero-order valence-corrected chi connectivity index (χ0v) is 16.9. The van der Waals surface area contributed by atoms with Gasteiger partial charge >= 0.3 is 0 Å². The summed E-state index contributed by atoms with van der Waals surface area (Å²) < 4.78 is 5.32. The molecule has 0 spiro atoms. The van der Waals surface area contributed by atoms with Crippen LogP contribution in [0.1, 0.15) is 20.3 Å². The van der Waals surface area contributed by atoms with E-state index in [2.05, 4.69) is 58.8 Å². The van der Waals surface area contributed by atoms with E-state index in [0.717, 1.165) is 51.8 Å². The molecule has 0 amide bonds. The fourth-order valence-electron chi connectivity index (χ4n) is 2.00. The van der Waals surface area contributed by atoms with E-state index in [1.165, 1.54) is 5.69 Å². The second-order valence-electron chi connectivity index (χ2n) is 5.00. The Balaban J connectivity index is 0.00000484. The van der Waals surface area contributed by atoms with Crippen molar-refractivity contribution >= 4 is 35.6 Å². The van der Waals surface area contributed by atoms with E-state index >= 15 is 0 Å². The Hall–Kier alpha value is -1.02. The number of halogens is 1. The summed E-state index contributed by atoms with van der Waals surface area (Å²) >= 11 is 0. The van der Waals surface area contributed by atoms with Crippen molar-refractivity contribution in [2.75, 3.05) is 51.3 Å². The average molecular weight is 434 g/mol. The number of ether oxygens (including phenoxy) is 1. The minimum atomic E-state index is 0. The fraction of sp³-hybridized carbons (Fsp3) is 0.588. The second kappa shape index (κ2) is 14.6. The molecular weight excluding hydrogens is 403 g/mol. The first-order valence-electron chi connectivity index (χ1n) is 8.14. The number of anilines is 1. The smallest absolute Gasteiger partial charge is 0.191 e. The lowest BCUT2D eigenvalue weighted by Crippen LogP contribution is -2.41. The highest BCUT2D eigenvalue weighted by atomic mass is 127. The number of guanidine groups is 1. The third-order valence-corrected chi connectivity index (χ3v) is 3.20. The SMILES string of the molecule is CCNC(=NCCCOCC)NCCN(C)c1ccccc1.I. The Morgan fingerprint density at radius 2 is 1.91 bits per heavy atom. The van der Waals surface area contributed by atoms with Crippen molar-refractivity contribution in [3.63, 3.8) is 0 Å². The highest BCUT2D eigenvalue weighted by molar-refractivity contribution is 14.0. The summed E-state index contributed by atoms with van der Waals surface area (Å²) in [5.74, 6) is 0.875. The minimum Gasteiger partial charge on any atom is -0.382 e. The lowest BCUT2D eigenvalue weighted by Gasteiger charge is -2.20. The van der Waals surface area contributed by atoms with Crippen molar-refractivity contribution in [1.82, 2.24) is 10.6 Å². The van der Waals surface area contributed by atoms with E-state index in [9.17, 15) is 0 Å². The van der Waals surface area contributed by atoms with Crippen LogP contribution in [0.3, 0.4) is 0 Å². The van der Waals surface area contributed by atoms with Crippen molar-refractivity contribution in [2.24, 2.45) is 4.99 Å². The van der Waals surface area contributed by atoms with Crippen LogP contribution in [0, 0.1) is 0 Å². The molecule has 2 N–H and O–H groups in total. The van der Waals surface area contributed by atoms with Crippen LogP contribution in [0.15, 0.2) is 35.3 Å². The van der Waals surface area contributed by atoms with Crippen LogP contribution in [0.25, 0.3) is 0 Å². The van der Waals surface area contributed by atoms with Crippen LogP contribution in [-0.2, 0) is 4.74 Å². The van der Waals surface area contributed by atoms with E-state index in [0.29, 0.717) is 0 Å². The van der Waals surface area contributed by atoms with Gasteiger partial charge in [-0.25, -0.2) is 0 Å². The molecule has 1 rings (SSSR count). The quantitative estimate of drug-likeness (QED) is 0.257. The number of rotatable bonds is 10. The summed E-state index contributed by atoms with van der Waals surface area (Å²) in [6.45, 7) is 9.06. The molecule has 0 atom stereocenters. The van der Waals surface area contributed by atoms with Gasteiger partial charge in [0.15, 0.2) is 5.96 Å². The van der Waals surface area contributed by atoms with Gasteiger partial charge in [-0.1, -0.05) is 18.2 Å². The highest BCUT2D eigenvalue weighted by Gasteiger charge is 2.01. The molecule has 0 aliphatic rings. The Bertz CT molecular complexity index is 414. The summed E-state index contributed by atoms with van der Waals surface area (Å²) in [7, 11) is 2.10. The predicted molar refractivity (Wildman–Crippen MR) is 110 cm³/mol. The van der Waals surface area contributed by atoms with Gasteiger partial charge in [0, 0.05) is 52.1 Å². The Morgan fingerprint density at radius 3 is 2.57 bits per heavy atom. The standard InChI is InChI=1S/C17H30N4O.HI/c1-4-18-17(19-12-9-15-22-5-2)20-13-14-21(3)16-10-7-6-8-11-16;/h6-8,10-11H,4-5,9,12-15H2,1-3H3,(H2,18,19,20);1H. The molecule has 1 aromatic carbocycles. The lowest BCUT2D eigenvalue weighted by molar-refractivity contribution is 0.146. The van der Waals surface area contributed by atoms with Crippen LogP contribution in [0.5, 0.6) is 0 Å². The lowest BCUT2D eigenvalue weighted by atomic mass is 10.3. The molecule has 0 aliphatic heterocycles. The van der Waals surface area contributed by atoms with Gasteiger partial charge in [-0.15, -0.1) is 24.0 Å². The summed E-state index contributed by atoms with van der Waals surface area (Å²) in [5.41, 5.74) is 1.22. The van der Waals surface area contributed by atoms with E-state index < -0.39 is 0 Å². The van der Waals surface area contributed by atoms with Gasteiger partial charge in [-0.05, 0) is 32.4 Å². The fourth-order valence-corrected chi connectivity index (χ4v) is 2.00. The molecule has 1 aromatic rings. The maximum absolute atomic E-state index is 5.32. The Morgan fingerprint density at radius 1 is 1.17 bits per heavy atom. The number of aliphatic imine (C=N–C) groups is 1. The number of likely N-dealkylation sites (N-methyl/N-ethyl adjacent to an activating group) is 1. The highest BCUT2D eigenvalue weighted by Crippen LogP contribution is 2.09. The number of hydrogen-bond acceptors (Lipinski definition) is 3. The first-order chi connectivity index (χ1) is 10.8. The predicted octanol–water partition coefficient (Wildman–Crippen LogP) is 2.72. The number of benzene rings is 1. The van der Waals surface area contributed by atoms with Crippen LogP contribution in [0.2, 0.25) is 0 Å². The second-order valence-corrected chi connectivity index (χ2v) is 5.00. The van der Waals surface area contributed by atoms with E-state index in [1.807, 2.05) is 13.0 Å². The topological polar surface area (TPSA) is 48.9 Å². The molecule has 0 aliphatic carbocycles. The van der Waals surface area contributed by atoms with Crippen LogP contribution in [-0.4, -0.2) is 52.4 Å². The molecule has 132 valence electrons. The van der Waals surface area contributed by atoms with Gasteiger partial charge in [0.2, 0.25) is 0 Å². The van der Waals surface area contributed by atoms with Crippen molar-refractivity contribution < 1.29 is 4.74 Å². The van der Waals surface area contributed by atoms with Gasteiger partial charge in [0.25, 0.3) is 0 Å². The number of nitrogens with one attached hydrogen (secondary N) is 2.